The molecule has 0 saturated carbocycles. The summed E-state index contributed by atoms with van der Waals surface area (Å²) in [5.41, 5.74) is 2.07. The Morgan fingerprint density at radius 1 is 1.27 bits per heavy atom. The largest absolute Gasteiger partial charge is 0.484 e. The molecule has 0 radical (unpaired) electrons. The van der Waals surface area contributed by atoms with Gasteiger partial charge in [-0.25, -0.2) is 0 Å². The third kappa shape index (κ3) is 4.83. The van der Waals surface area contributed by atoms with Crippen LogP contribution in [0.25, 0.3) is 0 Å². The first-order valence-corrected chi connectivity index (χ1v) is 8.81. The van der Waals surface area contributed by atoms with Crippen molar-refractivity contribution in [2.45, 2.75) is 19.5 Å². The standard InChI is InChI=1S/C19H25N3O4/c1-15(18-7-10-26-20-18)21(2)13-16-3-5-17(6-4-16)25-14-19(23)22-8-11-24-12-9-22/h3-7,10,15H,8-9,11-14H2,1-2H3. The maximum Gasteiger partial charge on any atom is 0.260 e. The average molecular weight is 359 g/mol. The molecule has 0 spiro atoms. The second kappa shape index (κ2) is 8.82. The minimum absolute atomic E-state index is 0.00135. The first-order valence-electron chi connectivity index (χ1n) is 8.81. The summed E-state index contributed by atoms with van der Waals surface area (Å²) in [6.07, 6.45) is 1.59. The number of amides is 1. The Labute approximate surface area is 153 Å². The molecule has 1 aliphatic heterocycles. The third-order valence-electron chi connectivity index (χ3n) is 4.63. The lowest BCUT2D eigenvalue weighted by molar-refractivity contribution is -0.137. The third-order valence-corrected chi connectivity index (χ3v) is 4.63. The highest BCUT2D eigenvalue weighted by Crippen LogP contribution is 2.20. The molecule has 1 aromatic heterocycles. The Kier molecular flexibility index (Phi) is 6.25. The first-order chi connectivity index (χ1) is 12.6. The smallest absolute Gasteiger partial charge is 0.260 e. The maximum atomic E-state index is 12.1. The number of rotatable bonds is 7. The summed E-state index contributed by atoms with van der Waals surface area (Å²) in [7, 11) is 2.05. The Morgan fingerprint density at radius 3 is 2.65 bits per heavy atom. The Hall–Kier alpha value is -2.38. The Balaban J connectivity index is 1.47. The van der Waals surface area contributed by atoms with Gasteiger partial charge < -0.3 is 18.9 Å². The molecule has 1 fully saturated rings. The van der Waals surface area contributed by atoms with Gasteiger partial charge in [-0.1, -0.05) is 17.3 Å². The maximum absolute atomic E-state index is 12.1. The van der Waals surface area contributed by atoms with Gasteiger partial charge in [-0.3, -0.25) is 9.69 Å². The fourth-order valence-electron chi connectivity index (χ4n) is 2.83. The summed E-state index contributed by atoms with van der Waals surface area (Å²) in [5, 5.41) is 3.99. The molecule has 1 unspecified atom stereocenters. The Morgan fingerprint density at radius 2 is 2.00 bits per heavy atom. The second-order valence-electron chi connectivity index (χ2n) is 6.44. The van der Waals surface area contributed by atoms with E-state index >= 15 is 0 Å². The van der Waals surface area contributed by atoms with Crippen LogP contribution in [-0.4, -0.2) is 60.8 Å². The van der Waals surface area contributed by atoms with Gasteiger partial charge in [-0.05, 0) is 31.7 Å². The van der Waals surface area contributed by atoms with E-state index in [9.17, 15) is 4.79 Å². The lowest BCUT2D eigenvalue weighted by Crippen LogP contribution is -2.42. The van der Waals surface area contributed by atoms with Gasteiger partial charge in [0.2, 0.25) is 0 Å². The van der Waals surface area contributed by atoms with E-state index in [-0.39, 0.29) is 18.6 Å². The van der Waals surface area contributed by atoms with Gasteiger partial charge in [0, 0.05) is 25.7 Å². The summed E-state index contributed by atoms with van der Waals surface area (Å²) >= 11 is 0. The van der Waals surface area contributed by atoms with Crippen molar-refractivity contribution in [3.8, 4) is 5.75 Å². The van der Waals surface area contributed by atoms with Gasteiger partial charge in [0.05, 0.1) is 19.3 Å². The van der Waals surface area contributed by atoms with E-state index in [1.165, 1.54) is 0 Å². The van der Waals surface area contributed by atoms with Gasteiger partial charge in [0.25, 0.3) is 5.91 Å². The molecule has 2 aromatic rings. The van der Waals surface area contributed by atoms with Crippen molar-refractivity contribution in [2.24, 2.45) is 0 Å². The molecule has 7 nitrogen and oxygen atoms in total. The minimum Gasteiger partial charge on any atom is -0.484 e. The first kappa shape index (κ1) is 18.4. The highest BCUT2D eigenvalue weighted by atomic mass is 16.5. The van der Waals surface area contributed by atoms with Gasteiger partial charge in [0.15, 0.2) is 6.61 Å². The number of morpholine rings is 1. The predicted octanol–water partition coefficient (Wildman–Crippen LogP) is 2.11. The minimum atomic E-state index is -0.00135. The van der Waals surface area contributed by atoms with Crippen molar-refractivity contribution < 1.29 is 18.8 Å². The van der Waals surface area contributed by atoms with Crippen molar-refractivity contribution in [1.82, 2.24) is 15.0 Å². The average Bonchev–Trinajstić information content (AvgIpc) is 3.22. The number of nitrogens with zero attached hydrogens (tertiary/aromatic N) is 3. The lowest BCUT2D eigenvalue weighted by Gasteiger charge is -2.26. The fraction of sp³-hybridized carbons (Fsp3) is 0.474. The van der Waals surface area contributed by atoms with E-state index in [0.717, 1.165) is 17.8 Å². The number of ether oxygens (including phenoxy) is 2. The summed E-state index contributed by atoms with van der Waals surface area (Å²) in [5.74, 6) is 0.695. The summed E-state index contributed by atoms with van der Waals surface area (Å²) in [4.78, 5) is 16.1. The number of hydrogen-bond acceptors (Lipinski definition) is 6. The number of carbonyl (C=O) groups excluding carboxylic acids is 1. The van der Waals surface area contributed by atoms with Crippen molar-refractivity contribution in [2.75, 3.05) is 40.0 Å². The number of benzene rings is 1. The highest BCUT2D eigenvalue weighted by Gasteiger charge is 2.17. The summed E-state index contributed by atoms with van der Waals surface area (Å²) < 4.78 is 15.8. The van der Waals surface area contributed by atoms with E-state index in [0.29, 0.717) is 32.1 Å². The highest BCUT2D eigenvalue weighted by molar-refractivity contribution is 5.77. The molecule has 2 heterocycles. The van der Waals surface area contributed by atoms with E-state index in [1.807, 2.05) is 37.4 Å². The molecular weight excluding hydrogens is 334 g/mol. The van der Waals surface area contributed by atoms with Crippen LogP contribution in [0.15, 0.2) is 41.1 Å². The molecule has 0 aliphatic carbocycles. The van der Waals surface area contributed by atoms with Crippen LogP contribution >= 0.6 is 0 Å². The summed E-state index contributed by atoms with van der Waals surface area (Å²) in [6.45, 7) is 5.39. The number of carbonyl (C=O) groups is 1. The predicted molar refractivity (Wildman–Crippen MR) is 95.7 cm³/mol. The Bertz CT molecular complexity index is 681. The van der Waals surface area contributed by atoms with E-state index in [4.69, 9.17) is 14.0 Å². The van der Waals surface area contributed by atoms with Crippen LogP contribution in [-0.2, 0) is 16.1 Å². The van der Waals surface area contributed by atoms with Gasteiger partial charge >= 0.3 is 0 Å². The van der Waals surface area contributed by atoms with Crippen molar-refractivity contribution in [3.63, 3.8) is 0 Å². The SMILES string of the molecule is CC(c1ccon1)N(C)Cc1ccc(OCC(=O)N2CCOCC2)cc1. The van der Waals surface area contributed by atoms with Crippen molar-refractivity contribution >= 4 is 5.91 Å². The molecular formula is C19H25N3O4. The van der Waals surface area contributed by atoms with Gasteiger partial charge in [0.1, 0.15) is 17.7 Å². The van der Waals surface area contributed by atoms with Crippen LogP contribution in [0.4, 0.5) is 0 Å². The molecule has 1 saturated heterocycles. The zero-order valence-corrected chi connectivity index (χ0v) is 15.3. The molecule has 3 rings (SSSR count). The monoisotopic (exact) mass is 359 g/mol. The van der Waals surface area contributed by atoms with Gasteiger partial charge in [-0.2, -0.15) is 0 Å². The molecule has 1 atom stereocenters. The van der Waals surface area contributed by atoms with Crippen LogP contribution in [0.2, 0.25) is 0 Å². The molecule has 1 aliphatic rings. The molecule has 26 heavy (non-hydrogen) atoms. The van der Waals surface area contributed by atoms with Crippen molar-refractivity contribution in [1.29, 1.82) is 0 Å². The van der Waals surface area contributed by atoms with Gasteiger partial charge in [-0.15, -0.1) is 0 Å². The molecule has 140 valence electrons. The number of aromatic nitrogens is 1. The van der Waals surface area contributed by atoms with E-state index in [2.05, 4.69) is 17.0 Å². The number of hydrogen-bond donors (Lipinski definition) is 0. The molecule has 7 heteroatoms. The topological polar surface area (TPSA) is 68.0 Å². The van der Waals surface area contributed by atoms with Crippen LogP contribution in [0.3, 0.4) is 0 Å². The lowest BCUT2D eigenvalue weighted by atomic mass is 10.1. The molecule has 0 bridgehead atoms. The van der Waals surface area contributed by atoms with E-state index < -0.39 is 0 Å². The molecule has 1 amide bonds. The second-order valence-corrected chi connectivity index (χ2v) is 6.44. The van der Waals surface area contributed by atoms with Crippen molar-refractivity contribution in [3.05, 3.63) is 47.9 Å². The van der Waals surface area contributed by atoms with Crippen LogP contribution in [0.1, 0.15) is 24.2 Å². The normalized spacial score (nSPS) is 15.9. The van der Waals surface area contributed by atoms with Crippen LogP contribution < -0.4 is 4.74 Å². The quantitative estimate of drug-likeness (QED) is 0.754. The van der Waals surface area contributed by atoms with E-state index in [1.54, 1.807) is 11.2 Å². The molecule has 0 N–H and O–H groups in total. The zero-order chi connectivity index (χ0) is 18.4. The zero-order valence-electron chi connectivity index (χ0n) is 15.3. The van der Waals surface area contributed by atoms with Crippen LogP contribution in [0, 0.1) is 0 Å². The molecule has 1 aromatic carbocycles. The van der Waals surface area contributed by atoms with Crippen LogP contribution in [0.5, 0.6) is 5.75 Å². The fourth-order valence-corrected chi connectivity index (χ4v) is 2.83. The summed E-state index contributed by atoms with van der Waals surface area (Å²) in [6, 6.07) is 9.87.